The van der Waals surface area contributed by atoms with E-state index in [2.05, 4.69) is 15.3 Å². The second-order valence-electron chi connectivity index (χ2n) is 5.01. The molecule has 22 heavy (non-hydrogen) atoms. The molecular formula is C14H10ClF4N3. The van der Waals surface area contributed by atoms with Crippen LogP contribution in [0.3, 0.4) is 0 Å². The molecule has 0 unspecified atom stereocenters. The molecule has 0 aliphatic heterocycles. The van der Waals surface area contributed by atoms with Gasteiger partial charge in [0.05, 0.1) is 0 Å². The van der Waals surface area contributed by atoms with Gasteiger partial charge in [0, 0.05) is 30.2 Å². The molecule has 1 heterocycles. The maximum absolute atomic E-state index is 13.6. The molecule has 1 aliphatic carbocycles. The first-order valence-electron chi connectivity index (χ1n) is 6.56. The molecule has 0 spiro atoms. The molecular weight excluding hydrogens is 322 g/mol. The Balaban J connectivity index is 1.84. The predicted octanol–water partition coefficient (Wildman–Crippen LogP) is 4.18. The molecule has 1 aromatic heterocycles. The summed E-state index contributed by atoms with van der Waals surface area (Å²) in [6.07, 6.45) is 1.91. The molecule has 3 nitrogen and oxygen atoms in total. The first-order valence-corrected chi connectivity index (χ1v) is 6.93. The maximum Gasteiger partial charge on any atom is 0.166 e. The van der Waals surface area contributed by atoms with Crippen LogP contribution in [-0.2, 0) is 6.54 Å². The molecule has 0 bridgehead atoms. The monoisotopic (exact) mass is 331 g/mol. The van der Waals surface area contributed by atoms with E-state index in [-0.39, 0.29) is 23.0 Å². The number of rotatable bonds is 4. The standard InChI is InChI=1S/C14H10ClF4N3/c15-10-4-11(22-14(21-10)6-1-2-6)20-5-7-12(18)8(16)3-9(17)13(7)19/h3-4,6H,1-2,5H2,(H,20,21,22). The minimum absolute atomic E-state index is 0.168. The first-order chi connectivity index (χ1) is 10.5. The van der Waals surface area contributed by atoms with E-state index in [1.807, 2.05) is 0 Å². The minimum atomic E-state index is -1.45. The Morgan fingerprint density at radius 2 is 1.68 bits per heavy atom. The van der Waals surface area contributed by atoms with Gasteiger partial charge in [-0.15, -0.1) is 0 Å². The van der Waals surface area contributed by atoms with Gasteiger partial charge in [-0.25, -0.2) is 27.5 Å². The fraction of sp³-hybridized carbons (Fsp3) is 0.286. The summed E-state index contributed by atoms with van der Waals surface area (Å²) in [6.45, 7) is -0.468. The van der Waals surface area contributed by atoms with E-state index >= 15 is 0 Å². The van der Waals surface area contributed by atoms with Crippen LogP contribution in [-0.4, -0.2) is 9.97 Å². The highest BCUT2D eigenvalue weighted by atomic mass is 35.5. The van der Waals surface area contributed by atoms with E-state index in [0.717, 1.165) is 12.8 Å². The van der Waals surface area contributed by atoms with Crippen molar-refractivity contribution in [2.24, 2.45) is 0 Å². The number of nitrogens with zero attached hydrogens (tertiary/aromatic N) is 2. The third kappa shape index (κ3) is 2.99. The van der Waals surface area contributed by atoms with E-state index in [0.29, 0.717) is 5.82 Å². The number of anilines is 1. The molecule has 1 saturated carbocycles. The predicted molar refractivity (Wildman–Crippen MR) is 72.6 cm³/mol. The third-order valence-corrected chi connectivity index (χ3v) is 3.50. The Hall–Kier alpha value is -1.89. The van der Waals surface area contributed by atoms with Crippen LogP contribution in [0.5, 0.6) is 0 Å². The molecule has 0 atom stereocenters. The van der Waals surface area contributed by atoms with Gasteiger partial charge in [0.15, 0.2) is 23.3 Å². The molecule has 2 aromatic rings. The fourth-order valence-corrected chi connectivity index (χ4v) is 2.20. The van der Waals surface area contributed by atoms with Gasteiger partial charge >= 0.3 is 0 Å². The number of nitrogens with one attached hydrogen (secondary N) is 1. The number of aromatic nitrogens is 2. The maximum atomic E-state index is 13.6. The van der Waals surface area contributed by atoms with Crippen molar-refractivity contribution in [3.63, 3.8) is 0 Å². The molecule has 116 valence electrons. The highest BCUT2D eigenvalue weighted by molar-refractivity contribution is 6.29. The summed E-state index contributed by atoms with van der Waals surface area (Å²) in [7, 11) is 0. The zero-order chi connectivity index (χ0) is 15.9. The fourth-order valence-electron chi connectivity index (χ4n) is 2.01. The van der Waals surface area contributed by atoms with Crippen molar-refractivity contribution in [1.82, 2.24) is 9.97 Å². The van der Waals surface area contributed by atoms with Crippen LogP contribution < -0.4 is 5.32 Å². The zero-order valence-electron chi connectivity index (χ0n) is 11.1. The lowest BCUT2D eigenvalue weighted by Gasteiger charge is -2.10. The lowest BCUT2D eigenvalue weighted by Crippen LogP contribution is -2.10. The summed E-state index contributed by atoms with van der Waals surface area (Å²) in [5, 5.41) is 2.80. The Bertz CT molecular complexity index is 708. The topological polar surface area (TPSA) is 37.8 Å². The highest BCUT2D eigenvalue weighted by Gasteiger charge is 2.27. The van der Waals surface area contributed by atoms with Crippen LogP contribution in [0.4, 0.5) is 23.4 Å². The van der Waals surface area contributed by atoms with Crippen molar-refractivity contribution in [3.8, 4) is 0 Å². The molecule has 0 amide bonds. The van der Waals surface area contributed by atoms with E-state index < -0.39 is 35.4 Å². The van der Waals surface area contributed by atoms with Gasteiger partial charge in [0.25, 0.3) is 0 Å². The van der Waals surface area contributed by atoms with Crippen LogP contribution in [0.15, 0.2) is 12.1 Å². The molecule has 1 fully saturated rings. The molecule has 3 rings (SSSR count). The minimum Gasteiger partial charge on any atom is -0.366 e. The third-order valence-electron chi connectivity index (χ3n) is 3.30. The van der Waals surface area contributed by atoms with Gasteiger partial charge in [0.2, 0.25) is 0 Å². The molecule has 0 saturated heterocycles. The van der Waals surface area contributed by atoms with Gasteiger partial charge in [-0.05, 0) is 12.8 Å². The second kappa shape index (κ2) is 5.72. The van der Waals surface area contributed by atoms with Crippen molar-refractivity contribution in [3.05, 3.63) is 51.9 Å². The van der Waals surface area contributed by atoms with Crippen LogP contribution in [0.1, 0.15) is 30.1 Å². The van der Waals surface area contributed by atoms with Crippen molar-refractivity contribution in [1.29, 1.82) is 0 Å². The Morgan fingerprint density at radius 3 is 2.27 bits per heavy atom. The molecule has 8 heteroatoms. The SMILES string of the molecule is Fc1cc(F)c(F)c(CNc2cc(Cl)nc(C3CC3)n2)c1F. The van der Waals surface area contributed by atoms with Crippen molar-refractivity contribution >= 4 is 17.4 Å². The van der Waals surface area contributed by atoms with E-state index in [1.54, 1.807) is 0 Å². The summed E-state index contributed by atoms with van der Waals surface area (Å²) in [6, 6.07) is 1.54. The Labute approximate surface area is 128 Å². The average molecular weight is 332 g/mol. The molecule has 1 N–H and O–H groups in total. The second-order valence-corrected chi connectivity index (χ2v) is 5.40. The van der Waals surface area contributed by atoms with Crippen molar-refractivity contribution < 1.29 is 17.6 Å². The molecule has 1 aromatic carbocycles. The smallest absolute Gasteiger partial charge is 0.166 e. The van der Waals surface area contributed by atoms with Gasteiger partial charge in [0.1, 0.15) is 16.8 Å². The van der Waals surface area contributed by atoms with E-state index in [1.165, 1.54) is 6.07 Å². The van der Waals surface area contributed by atoms with Crippen molar-refractivity contribution in [2.75, 3.05) is 5.32 Å². The number of hydrogen-bond acceptors (Lipinski definition) is 3. The van der Waals surface area contributed by atoms with Crippen LogP contribution in [0.2, 0.25) is 5.15 Å². The lowest BCUT2D eigenvalue weighted by molar-refractivity contribution is 0.441. The summed E-state index contributed by atoms with van der Waals surface area (Å²) >= 11 is 5.86. The number of halogens is 5. The Morgan fingerprint density at radius 1 is 1.05 bits per heavy atom. The molecule has 0 radical (unpaired) electrons. The van der Waals surface area contributed by atoms with Gasteiger partial charge in [-0.2, -0.15) is 0 Å². The zero-order valence-corrected chi connectivity index (χ0v) is 11.9. The lowest BCUT2D eigenvalue weighted by atomic mass is 10.2. The largest absolute Gasteiger partial charge is 0.366 e. The number of hydrogen-bond donors (Lipinski definition) is 1. The van der Waals surface area contributed by atoms with Gasteiger partial charge < -0.3 is 5.32 Å². The quantitative estimate of drug-likeness (QED) is 0.519. The summed E-state index contributed by atoms with van der Waals surface area (Å²) in [5.74, 6) is -4.75. The van der Waals surface area contributed by atoms with Crippen LogP contribution in [0.25, 0.3) is 0 Å². The van der Waals surface area contributed by atoms with Gasteiger partial charge in [-0.1, -0.05) is 11.6 Å². The highest BCUT2D eigenvalue weighted by Crippen LogP contribution is 2.38. The van der Waals surface area contributed by atoms with Crippen LogP contribution in [0, 0.1) is 23.3 Å². The Kier molecular flexibility index (Phi) is 3.90. The number of benzene rings is 1. The van der Waals surface area contributed by atoms with E-state index in [9.17, 15) is 17.6 Å². The van der Waals surface area contributed by atoms with Crippen LogP contribution >= 0.6 is 11.6 Å². The summed E-state index contributed by atoms with van der Waals surface area (Å²) < 4.78 is 53.4. The molecule has 1 aliphatic rings. The normalized spacial score (nSPS) is 14.2. The average Bonchev–Trinajstić information content (AvgIpc) is 3.29. The summed E-state index contributed by atoms with van der Waals surface area (Å²) in [4.78, 5) is 8.24. The van der Waals surface area contributed by atoms with Gasteiger partial charge in [-0.3, -0.25) is 0 Å². The van der Waals surface area contributed by atoms with Crippen molar-refractivity contribution in [2.45, 2.75) is 25.3 Å². The van der Waals surface area contributed by atoms with E-state index in [4.69, 9.17) is 11.6 Å². The first kappa shape index (κ1) is 15.0. The summed E-state index contributed by atoms with van der Waals surface area (Å²) in [5.41, 5.74) is -0.736.